The summed E-state index contributed by atoms with van der Waals surface area (Å²) in [7, 11) is 1.68. The summed E-state index contributed by atoms with van der Waals surface area (Å²) < 4.78 is 10.3. The van der Waals surface area contributed by atoms with Gasteiger partial charge in [-0.2, -0.15) is 4.98 Å². The van der Waals surface area contributed by atoms with Crippen LogP contribution in [0.5, 0.6) is 0 Å². The van der Waals surface area contributed by atoms with Gasteiger partial charge in [0.1, 0.15) is 5.82 Å². The Bertz CT molecular complexity index is 424. The molecule has 0 atom stereocenters. The van der Waals surface area contributed by atoms with E-state index in [9.17, 15) is 0 Å². The fraction of sp³-hybridized carbons (Fsp3) is 0.714. The fourth-order valence-corrected chi connectivity index (χ4v) is 2.17. The van der Waals surface area contributed by atoms with Crippen molar-refractivity contribution in [2.45, 2.75) is 6.92 Å². The lowest BCUT2D eigenvalue weighted by molar-refractivity contribution is 0.0398. The van der Waals surface area contributed by atoms with Gasteiger partial charge in [-0.15, -0.1) is 0 Å². The zero-order valence-electron chi connectivity index (χ0n) is 12.9. The number of methoxy groups -OCH3 is 1. The molecule has 0 amide bonds. The van der Waals surface area contributed by atoms with Crippen LogP contribution in [0.15, 0.2) is 6.07 Å². The average Bonchev–Trinajstić information content (AvgIpc) is 2.48. The summed E-state index contributed by atoms with van der Waals surface area (Å²) in [5.41, 5.74) is 0.943. The Morgan fingerprint density at radius 2 is 2.05 bits per heavy atom. The van der Waals surface area contributed by atoms with Crippen molar-refractivity contribution in [2.24, 2.45) is 0 Å². The first kappa shape index (κ1) is 15.9. The van der Waals surface area contributed by atoms with Crippen molar-refractivity contribution in [3.63, 3.8) is 0 Å². The maximum atomic E-state index is 5.34. The van der Waals surface area contributed by atoms with Gasteiger partial charge in [0.15, 0.2) is 0 Å². The SMILES string of the molecule is COCCNc1nc(C)cc(NCCN2CCOCC2)n1. The minimum atomic E-state index is 0.636. The lowest BCUT2D eigenvalue weighted by Gasteiger charge is -2.26. The Morgan fingerprint density at radius 1 is 1.24 bits per heavy atom. The quantitative estimate of drug-likeness (QED) is 0.680. The van der Waals surface area contributed by atoms with E-state index in [-0.39, 0.29) is 0 Å². The summed E-state index contributed by atoms with van der Waals surface area (Å²) in [6.07, 6.45) is 0. The third kappa shape index (κ3) is 5.82. The molecule has 1 aromatic heterocycles. The normalized spacial score (nSPS) is 15.9. The second kappa shape index (κ2) is 8.76. The fourth-order valence-electron chi connectivity index (χ4n) is 2.17. The van der Waals surface area contributed by atoms with Crippen LogP contribution in [0.2, 0.25) is 0 Å². The van der Waals surface area contributed by atoms with E-state index in [4.69, 9.17) is 9.47 Å². The summed E-state index contributed by atoms with van der Waals surface area (Å²) in [5, 5.41) is 6.51. The molecule has 1 aromatic rings. The van der Waals surface area contributed by atoms with E-state index in [0.717, 1.165) is 50.9 Å². The van der Waals surface area contributed by atoms with Crippen molar-refractivity contribution in [3.8, 4) is 0 Å². The molecule has 2 rings (SSSR count). The van der Waals surface area contributed by atoms with E-state index < -0.39 is 0 Å². The number of anilines is 2. The number of hydrogen-bond acceptors (Lipinski definition) is 7. The molecule has 0 saturated carbocycles. The van der Waals surface area contributed by atoms with E-state index in [1.54, 1.807) is 7.11 Å². The first-order valence-corrected chi connectivity index (χ1v) is 7.40. The molecule has 21 heavy (non-hydrogen) atoms. The van der Waals surface area contributed by atoms with E-state index >= 15 is 0 Å². The molecule has 0 aromatic carbocycles. The smallest absolute Gasteiger partial charge is 0.224 e. The minimum Gasteiger partial charge on any atom is -0.383 e. The van der Waals surface area contributed by atoms with E-state index in [2.05, 4.69) is 25.5 Å². The lowest BCUT2D eigenvalue weighted by Crippen LogP contribution is -2.39. The summed E-state index contributed by atoms with van der Waals surface area (Å²) in [6, 6.07) is 1.96. The van der Waals surface area contributed by atoms with Gasteiger partial charge in [-0.25, -0.2) is 4.98 Å². The van der Waals surface area contributed by atoms with Crippen molar-refractivity contribution >= 4 is 11.8 Å². The average molecular weight is 295 g/mol. The first-order chi connectivity index (χ1) is 10.3. The van der Waals surface area contributed by atoms with Gasteiger partial charge < -0.3 is 20.1 Å². The van der Waals surface area contributed by atoms with Gasteiger partial charge in [0.05, 0.1) is 19.8 Å². The number of hydrogen-bond donors (Lipinski definition) is 2. The van der Waals surface area contributed by atoms with Crippen molar-refractivity contribution in [1.29, 1.82) is 0 Å². The summed E-state index contributed by atoms with van der Waals surface area (Å²) in [5.74, 6) is 1.50. The number of rotatable bonds is 8. The molecular weight excluding hydrogens is 270 g/mol. The Labute approximate surface area is 126 Å². The zero-order valence-corrected chi connectivity index (χ0v) is 12.9. The third-order valence-electron chi connectivity index (χ3n) is 3.28. The molecule has 0 bridgehead atoms. The predicted molar refractivity (Wildman–Crippen MR) is 82.9 cm³/mol. The minimum absolute atomic E-state index is 0.636. The molecular formula is C14H25N5O2. The van der Waals surface area contributed by atoms with Gasteiger partial charge >= 0.3 is 0 Å². The van der Waals surface area contributed by atoms with Crippen LogP contribution in [-0.2, 0) is 9.47 Å². The molecule has 7 heteroatoms. The van der Waals surface area contributed by atoms with Crippen LogP contribution in [0, 0.1) is 6.92 Å². The molecule has 2 N–H and O–H groups in total. The maximum absolute atomic E-state index is 5.34. The largest absolute Gasteiger partial charge is 0.383 e. The predicted octanol–water partition coefficient (Wildman–Crippen LogP) is 0.587. The third-order valence-corrected chi connectivity index (χ3v) is 3.28. The van der Waals surface area contributed by atoms with Gasteiger partial charge in [0.2, 0.25) is 5.95 Å². The van der Waals surface area contributed by atoms with Gasteiger partial charge in [-0.3, -0.25) is 4.90 Å². The Kier molecular flexibility index (Phi) is 6.65. The molecule has 1 aliphatic heterocycles. The number of nitrogens with one attached hydrogen (secondary N) is 2. The zero-order chi connectivity index (χ0) is 14.9. The van der Waals surface area contributed by atoms with Crippen LogP contribution in [0.1, 0.15) is 5.69 Å². The first-order valence-electron chi connectivity index (χ1n) is 7.40. The van der Waals surface area contributed by atoms with Crippen LogP contribution in [-0.4, -0.2) is 74.5 Å². The van der Waals surface area contributed by atoms with Crippen molar-refractivity contribution < 1.29 is 9.47 Å². The molecule has 7 nitrogen and oxygen atoms in total. The number of aryl methyl sites for hydroxylation is 1. The van der Waals surface area contributed by atoms with Gasteiger partial charge in [0, 0.05) is 51.6 Å². The van der Waals surface area contributed by atoms with E-state index in [1.165, 1.54) is 0 Å². The standard InChI is InChI=1S/C14H25N5O2/c1-12-11-13(18-14(17-12)16-4-8-20-2)15-3-5-19-6-9-21-10-7-19/h11H,3-10H2,1-2H3,(H2,15,16,17,18). The Balaban J connectivity index is 1.78. The molecule has 0 aliphatic carbocycles. The van der Waals surface area contributed by atoms with E-state index in [0.29, 0.717) is 19.1 Å². The monoisotopic (exact) mass is 295 g/mol. The second-order valence-electron chi connectivity index (χ2n) is 5.02. The number of morpholine rings is 1. The molecule has 0 unspecified atom stereocenters. The van der Waals surface area contributed by atoms with Crippen LogP contribution in [0.4, 0.5) is 11.8 Å². The van der Waals surface area contributed by atoms with Crippen LogP contribution < -0.4 is 10.6 Å². The summed E-state index contributed by atoms with van der Waals surface area (Å²) >= 11 is 0. The summed E-state index contributed by atoms with van der Waals surface area (Å²) in [6.45, 7) is 8.86. The van der Waals surface area contributed by atoms with Crippen LogP contribution >= 0.6 is 0 Å². The lowest BCUT2D eigenvalue weighted by atomic mass is 10.4. The highest BCUT2D eigenvalue weighted by atomic mass is 16.5. The topological polar surface area (TPSA) is 71.5 Å². The second-order valence-corrected chi connectivity index (χ2v) is 5.02. The molecule has 0 radical (unpaired) electrons. The molecule has 1 fully saturated rings. The molecule has 1 saturated heterocycles. The highest BCUT2D eigenvalue weighted by Crippen LogP contribution is 2.09. The van der Waals surface area contributed by atoms with Crippen LogP contribution in [0.3, 0.4) is 0 Å². The highest BCUT2D eigenvalue weighted by Gasteiger charge is 2.09. The van der Waals surface area contributed by atoms with E-state index in [1.807, 2.05) is 13.0 Å². The van der Waals surface area contributed by atoms with Gasteiger partial charge in [-0.1, -0.05) is 0 Å². The molecule has 118 valence electrons. The summed E-state index contributed by atoms with van der Waals surface area (Å²) in [4.78, 5) is 11.2. The van der Waals surface area contributed by atoms with Gasteiger partial charge in [-0.05, 0) is 6.92 Å². The van der Waals surface area contributed by atoms with Crippen LogP contribution in [0.25, 0.3) is 0 Å². The molecule has 2 heterocycles. The van der Waals surface area contributed by atoms with Gasteiger partial charge in [0.25, 0.3) is 0 Å². The van der Waals surface area contributed by atoms with Crippen molar-refractivity contribution in [1.82, 2.24) is 14.9 Å². The number of ether oxygens (including phenoxy) is 2. The maximum Gasteiger partial charge on any atom is 0.224 e. The highest BCUT2D eigenvalue weighted by molar-refractivity contribution is 5.42. The molecule has 0 spiro atoms. The number of aromatic nitrogens is 2. The number of nitrogens with zero attached hydrogens (tertiary/aromatic N) is 3. The Morgan fingerprint density at radius 3 is 2.81 bits per heavy atom. The molecule has 1 aliphatic rings. The van der Waals surface area contributed by atoms with Crippen molar-refractivity contribution in [3.05, 3.63) is 11.8 Å². The Hall–Kier alpha value is -1.44. The van der Waals surface area contributed by atoms with Crippen molar-refractivity contribution in [2.75, 3.05) is 70.3 Å².